The summed E-state index contributed by atoms with van der Waals surface area (Å²) in [5.74, 6) is 0.0800. The molecule has 1 aromatic heterocycles. The Labute approximate surface area is 219 Å². The second-order valence-electron chi connectivity index (χ2n) is 6.84. The summed E-state index contributed by atoms with van der Waals surface area (Å²) in [6, 6.07) is 13.9. The van der Waals surface area contributed by atoms with Gasteiger partial charge in [-0.05, 0) is 47.9 Å². The first-order valence-corrected chi connectivity index (χ1v) is 12.6. The Bertz CT molecular complexity index is 1300. The Morgan fingerprint density at radius 2 is 2.03 bits per heavy atom. The van der Waals surface area contributed by atoms with Gasteiger partial charge in [0.1, 0.15) is 6.61 Å². The number of nitrogens with one attached hydrogen (secondary N) is 1. The first kappa shape index (κ1) is 24.6. The van der Waals surface area contributed by atoms with Crippen LogP contribution in [0.5, 0.6) is 11.5 Å². The summed E-state index contributed by atoms with van der Waals surface area (Å²) in [7, 11) is 1.53. The third kappa shape index (κ3) is 5.39. The number of hydrogen-bond donors (Lipinski definition) is 1. The summed E-state index contributed by atoms with van der Waals surface area (Å²) in [5, 5.41) is 3.86. The smallest absolute Gasteiger partial charge is 0.285 e. The lowest BCUT2D eigenvalue weighted by Gasteiger charge is -2.15. The number of para-hydroxylation sites is 1. The first-order chi connectivity index (χ1) is 16.4. The molecular formula is C23H16Cl2N2O4S3. The van der Waals surface area contributed by atoms with Crippen LogP contribution in [0.1, 0.15) is 20.8 Å². The predicted octanol–water partition coefficient (Wildman–Crippen LogP) is 6.19. The summed E-state index contributed by atoms with van der Waals surface area (Å²) in [6.07, 6.45) is 1.65. The minimum atomic E-state index is -0.436. The number of benzene rings is 2. The molecule has 1 fully saturated rings. The Morgan fingerprint density at radius 3 is 2.74 bits per heavy atom. The quantitative estimate of drug-likeness (QED) is 0.279. The molecule has 0 saturated carbocycles. The zero-order valence-electron chi connectivity index (χ0n) is 17.5. The molecule has 0 atom stereocenters. The highest BCUT2D eigenvalue weighted by Gasteiger charge is 2.34. The van der Waals surface area contributed by atoms with E-state index in [0.29, 0.717) is 36.9 Å². The SMILES string of the molecule is COc1cccc(/C=C2/SC(=S)N(NC(=O)c3cccs3)C2=O)c1OCc1ccc(Cl)cc1Cl. The van der Waals surface area contributed by atoms with Gasteiger partial charge in [0.15, 0.2) is 15.8 Å². The summed E-state index contributed by atoms with van der Waals surface area (Å²) >= 11 is 19.9. The summed E-state index contributed by atoms with van der Waals surface area (Å²) < 4.78 is 11.7. The van der Waals surface area contributed by atoms with Crippen molar-refractivity contribution < 1.29 is 19.1 Å². The van der Waals surface area contributed by atoms with Crippen LogP contribution in [-0.2, 0) is 11.4 Å². The van der Waals surface area contributed by atoms with Gasteiger partial charge < -0.3 is 9.47 Å². The molecule has 3 aromatic rings. The van der Waals surface area contributed by atoms with Gasteiger partial charge in [-0.1, -0.05) is 59.2 Å². The van der Waals surface area contributed by atoms with Crippen molar-refractivity contribution in [2.45, 2.75) is 6.61 Å². The van der Waals surface area contributed by atoms with E-state index in [-0.39, 0.29) is 10.9 Å². The predicted molar refractivity (Wildman–Crippen MR) is 141 cm³/mol. The van der Waals surface area contributed by atoms with E-state index in [1.165, 1.54) is 18.4 Å². The minimum absolute atomic E-state index is 0.162. The largest absolute Gasteiger partial charge is 0.493 e. The number of ether oxygens (including phenoxy) is 2. The van der Waals surface area contributed by atoms with E-state index in [1.54, 1.807) is 60.0 Å². The lowest BCUT2D eigenvalue weighted by Crippen LogP contribution is -2.44. The number of thiocarbonyl (C=S) groups is 1. The lowest BCUT2D eigenvalue weighted by molar-refractivity contribution is -0.123. The van der Waals surface area contributed by atoms with Gasteiger partial charge in [-0.3, -0.25) is 15.0 Å². The topological polar surface area (TPSA) is 67.9 Å². The van der Waals surface area contributed by atoms with Crippen molar-refractivity contribution in [3.8, 4) is 11.5 Å². The highest BCUT2D eigenvalue weighted by atomic mass is 35.5. The van der Waals surface area contributed by atoms with Gasteiger partial charge in [0.2, 0.25) is 0 Å². The molecule has 2 aromatic carbocycles. The zero-order valence-corrected chi connectivity index (χ0v) is 21.5. The van der Waals surface area contributed by atoms with Crippen molar-refractivity contribution in [2.75, 3.05) is 7.11 Å². The molecule has 4 rings (SSSR count). The maximum absolute atomic E-state index is 13.0. The van der Waals surface area contributed by atoms with Crippen molar-refractivity contribution >= 4 is 80.7 Å². The van der Waals surface area contributed by atoms with Crippen molar-refractivity contribution in [3.63, 3.8) is 0 Å². The molecule has 174 valence electrons. The summed E-state index contributed by atoms with van der Waals surface area (Å²) in [5.41, 5.74) is 3.91. The number of methoxy groups -OCH3 is 1. The van der Waals surface area contributed by atoms with Gasteiger partial charge >= 0.3 is 0 Å². The van der Waals surface area contributed by atoms with Crippen LogP contribution in [0.2, 0.25) is 10.0 Å². The van der Waals surface area contributed by atoms with Crippen LogP contribution >= 0.6 is 58.5 Å². The van der Waals surface area contributed by atoms with E-state index in [9.17, 15) is 9.59 Å². The molecule has 2 heterocycles. The molecule has 0 unspecified atom stereocenters. The molecule has 0 spiro atoms. The Morgan fingerprint density at radius 1 is 1.21 bits per heavy atom. The Kier molecular flexibility index (Phi) is 7.80. The molecule has 0 aliphatic carbocycles. The number of hydrazine groups is 1. The Balaban J connectivity index is 1.58. The molecule has 34 heavy (non-hydrogen) atoms. The van der Waals surface area contributed by atoms with E-state index in [4.69, 9.17) is 44.9 Å². The number of hydrogen-bond acceptors (Lipinski definition) is 7. The fourth-order valence-corrected chi connectivity index (χ4v) is 5.27. The van der Waals surface area contributed by atoms with Crippen molar-refractivity contribution in [1.82, 2.24) is 10.4 Å². The van der Waals surface area contributed by atoms with E-state index in [2.05, 4.69) is 5.43 Å². The standard InChI is InChI=1S/C23H16Cl2N2O4S3/c1-30-17-5-2-4-13(20(17)31-12-14-7-8-15(24)11-16(14)25)10-19-22(29)27(23(32)34-19)26-21(28)18-6-3-9-33-18/h2-11H,12H2,1H3,(H,26,28)/b19-10+. The van der Waals surface area contributed by atoms with E-state index >= 15 is 0 Å². The molecule has 0 radical (unpaired) electrons. The maximum Gasteiger partial charge on any atom is 0.285 e. The van der Waals surface area contributed by atoms with Crippen molar-refractivity contribution in [3.05, 3.63) is 84.9 Å². The number of amides is 2. The van der Waals surface area contributed by atoms with Crippen LogP contribution in [0.4, 0.5) is 0 Å². The van der Waals surface area contributed by atoms with Gasteiger partial charge in [-0.25, -0.2) is 0 Å². The monoisotopic (exact) mass is 550 g/mol. The second-order valence-corrected chi connectivity index (χ2v) is 10.3. The third-order valence-corrected chi connectivity index (χ3v) is 7.41. The fraction of sp³-hybridized carbons (Fsp3) is 0.0870. The van der Waals surface area contributed by atoms with Gasteiger partial charge in [-0.2, -0.15) is 5.01 Å². The van der Waals surface area contributed by atoms with E-state index in [0.717, 1.165) is 22.3 Å². The number of thioether (sulfide) groups is 1. The minimum Gasteiger partial charge on any atom is -0.493 e. The number of carbonyl (C=O) groups excluding carboxylic acids is 2. The first-order valence-electron chi connectivity index (χ1n) is 9.73. The summed E-state index contributed by atoms with van der Waals surface area (Å²) in [4.78, 5) is 26.2. The molecular weight excluding hydrogens is 535 g/mol. The average molecular weight is 551 g/mol. The van der Waals surface area contributed by atoms with E-state index < -0.39 is 11.8 Å². The average Bonchev–Trinajstić information content (AvgIpc) is 3.44. The van der Waals surface area contributed by atoms with Gasteiger partial charge in [0, 0.05) is 21.2 Å². The number of halogens is 2. The number of carbonyl (C=O) groups is 2. The van der Waals surface area contributed by atoms with Crippen LogP contribution in [0.15, 0.2) is 58.8 Å². The highest BCUT2D eigenvalue weighted by molar-refractivity contribution is 8.26. The highest BCUT2D eigenvalue weighted by Crippen LogP contribution is 2.38. The molecule has 1 saturated heterocycles. The van der Waals surface area contributed by atoms with Crippen LogP contribution in [-0.4, -0.2) is 28.3 Å². The van der Waals surface area contributed by atoms with Crippen LogP contribution in [0, 0.1) is 0 Å². The third-order valence-electron chi connectivity index (χ3n) is 4.66. The number of thiophene rings is 1. The number of nitrogens with zero attached hydrogens (tertiary/aromatic N) is 1. The lowest BCUT2D eigenvalue weighted by atomic mass is 10.1. The van der Waals surface area contributed by atoms with Crippen LogP contribution < -0.4 is 14.9 Å². The number of rotatable bonds is 7. The molecule has 1 aliphatic rings. The molecule has 11 heteroatoms. The summed E-state index contributed by atoms with van der Waals surface area (Å²) in [6.45, 7) is 0.162. The van der Waals surface area contributed by atoms with Crippen molar-refractivity contribution in [1.29, 1.82) is 0 Å². The molecule has 0 bridgehead atoms. The molecule has 2 amide bonds. The normalized spacial score (nSPS) is 14.6. The van der Waals surface area contributed by atoms with E-state index in [1.807, 2.05) is 0 Å². The van der Waals surface area contributed by atoms with Gasteiger partial charge in [0.05, 0.1) is 16.9 Å². The molecule has 1 N–H and O–H groups in total. The van der Waals surface area contributed by atoms with Gasteiger partial charge in [0.25, 0.3) is 11.8 Å². The maximum atomic E-state index is 13.0. The van der Waals surface area contributed by atoms with Gasteiger partial charge in [-0.15, -0.1) is 11.3 Å². The Hall–Kier alpha value is -2.56. The van der Waals surface area contributed by atoms with Crippen molar-refractivity contribution in [2.24, 2.45) is 0 Å². The molecule has 6 nitrogen and oxygen atoms in total. The zero-order chi connectivity index (χ0) is 24.2. The fourth-order valence-electron chi connectivity index (χ4n) is 3.02. The second kappa shape index (κ2) is 10.8. The van der Waals surface area contributed by atoms with Crippen LogP contribution in [0.25, 0.3) is 6.08 Å². The molecule has 1 aliphatic heterocycles. The van der Waals surface area contributed by atoms with Crippen LogP contribution in [0.3, 0.4) is 0 Å².